The molecule has 3 heterocycles. The van der Waals surface area contributed by atoms with Gasteiger partial charge in [0.15, 0.2) is 5.65 Å². The third-order valence-corrected chi connectivity index (χ3v) is 6.59. The van der Waals surface area contributed by atoms with Crippen LogP contribution in [0.4, 0.5) is 4.39 Å². The van der Waals surface area contributed by atoms with E-state index in [9.17, 15) is 9.18 Å². The first-order valence-corrected chi connectivity index (χ1v) is 12.6. The van der Waals surface area contributed by atoms with E-state index in [1.54, 1.807) is 23.0 Å². The number of halogens is 1. The Morgan fingerprint density at radius 2 is 1.59 bits per heavy atom. The van der Waals surface area contributed by atoms with Gasteiger partial charge in [-0.05, 0) is 48.4 Å². The lowest BCUT2D eigenvalue weighted by Crippen LogP contribution is -2.27. The van der Waals surface area contributed by atoms with E-state index in [0.717, 1.165) is 44.7 Å². The summed E-state index contributed by atoms with van der Waals surface area (Å²) in [6.45, 7) is 2.20. The quantitative estimate of drug-likeness (QED) is 0.295. The van der Waals surface area contributed by atoms with Crippen molar-refractivity contribution < 1.29 is 9.18 Å². The fraction of sp³-hybridized carbons (Fsp3) is 0.0968. The monoisotopic (exact) mass is 516 g/mol. The zero-order valence-corrected chi connectivity index (χ0v) is 21.3. The summed E-state index contributed by atoms with van der Waals surface area (Å²) in [5.41, 5.74) is 6.73. The van der Waals surface area contributed by atoms with Crippen molar-refractivity contribution in [2.24, 2.45) is 0 Å². The molecular formula is C31H25FN6O. The minimum Gasteiger partial charge on any atom is -0.350 e. The average Bonchev–Trinajstić information content (AvgIpc) is 3.54. The third-order valence-electron chi connectivity index (χ3n) is 6.59. The lowest BCUT2D eigenvalue weighted by Gasteiger charge is -2.07. The van der Waals surface area contributed by atoms with Crippen LogP contribution in [-0.2, 0) is 17.9 Å². The Balaban J connectivity index is 1.25. The fourth-order valence-electron chi connectivity index (χ4n) is 4.74. The van der Waals surface area contributed by atoms with E-state index in [-0.39, 0.29) is 18.3 Å². The Hall–Kier alpha value is -5.11. The number of fused-ring (bicyclic) bond motifs is 1. The predicted molar refractivity (Wildman–Crippen MR) is 149 cm³/mol. The normalized spacial score (nSPS) is 11.1. The molecule has 8 heteroatoms. The molecule has 0 spiro atoms. The molecule has 1 amide bonds. The fourth-order valence-corrected chi connectivity index (χ4v) is 4.74. The van der Waals surface area contributed by atoms with E-state index >= 15 is 0 Å². The van der Waals surface area contributed by atoms with Crippen molar-refractivity contribution in [2.45, 2.75) is 20.0 Å². The summed E-state index contributed by atoms with van der Waals surface area (Å²) in [7, 11) is 0. The van der Waals surface area contributed by atoms with Gasteiger partial charge in [0.2, 0.25) is 5.91 Å². The molecule has 1 N–H and O–H groups in total. The molecule has 0 saturated heterocycles. The second-order valence-electron chi connectivity index (χ2n) is 9.23. The van der Waals surface area contributed by atoms with Crippen LogP contribution >= 0.6 is 0 Å². The number of pyridine rings is 1. The molecule has 6 rings (SSSR count). The van der Waals surface area contributed by atoms with Crippen molar-refractivity contribution in [3.05, 3.63) is 120 Å². The van der Waals surface area contributed by atoms with Gasteiger partial charge < -0.3 is 5.32 Å². The molecule has 3 aromatic carbocycles. The SMILES string of the molecule is Cc1nn(CC(=O)NCc2cn(-c3ccccc3)nc2-c2ccccc2)c2nccc(-c3ccc(F)cc3)c12. The van der Waals surface area contributed by atoms with Gasteiger partial charge in [-0.1, -0.05) is 60.7 Å². The van der Waals surface area contributed by atoms with E-state index in [4.69, 9.17) is 5.10 Å². The first kappa shape index (κ1) is 24.2. The van der Waals surface area contributed by atoms with Gasteiger partial charge in [0.05, 0.1) is 17.1 Å². The number of nitrogens with one attached hydrogen (secondary N) is 1. The van der Waals surface area contributed by atoms with Crippen LogP contribution in [0.5, 0.6) is 0 Å². The maximum Gasteiger partial charge on any atom is 0.242 e. The summed E-state index contributed by atoms with van der Waals surface area (Å²) in [5.74, 6) is -0.488. The number of hydrogen-bond donors (Lipinski definition) is 1. The van der Waals surface area contributed by atoms with Gasteiger partial charge >= 0.3 is 0 Å². The van der Waals surface area contributed by atoms with Crippen LogP contribution in [0, 0.1) is 12.7 Å². The van der Waals surface area contributed by atoms with E-state index in [0.29, 0.717) is 12.2 Å². The van der Waals surface area contributed by atoms with Crippen LogP contribution in [0.15, 0.2) is 103 Å². The van der Waals surface area contributed by atoms with E-state index in [1.165, 1.54) is 12.1 Å². The molecule has 39 heavy (non-hydrogen) atoms. The second kappa shape index (κ2) is 10.3. The molecule has 0 bridgehead atoms. The van der Waals surface area contributed by atoms with Gasteiger partial charge in [-0.25, -0.2) is 18.7 Å². The topological polar surface area (TPSA) is 77.6 Å². The third kappa shape index (κ3) is 4.92. The number of nitrogens with zero attached hydrogens (tertiary/aromatic N) is 5. The van der Waals surface area contributed by atoms with Gasteiger partial charge in [-0.15, -0.1) is 0 Å². The number of aromatic nitrogens is 5. The van der Waals surface area contributed by atoms with Crippen LogP contribution in [-0.4, -0.2) is 30.5 Å². The number of para-hydroxylation sites is 1. The van der Waals surface area contributed by atoms with Crippen molar-refractivity contribution >= 4 is 16.9 Å². The number of benzene rings is 3. The van der Waals surface area contributed by atoms with Crippen LogP contribution in [0.1, 0.15) is 11.3 Å². The summed E-state index contributed by atoms with van der Waals surface area (Å²) < 4.78 is 16.9. The van der Waals surface area contributed by atoms with Crippen molar-refractivity contribution in [1.29, 1.82) is 0 Å². The molecule has 0 fully saturated rings. The average molecular weight is 517 g/mol. The Labute approximate surface area is 224 Å². The first-order chi connectivity index (χ1) is 19.1. The predicted octanol–water partition coefficient (Wildman–Crippen LogP) is 5.71. The lowest BCUT2D eigenvalue weighted by molar-refractivity contribution is -0.121. The van der Waals surface area contributed by atoms with E-state index in [2.05, 4.69) is 15.4 Å². The maximum absolute atomic E-state index is 13.5. The minimum atomic E-state index is -0.294. The molecular weight excluding hydrogens is 491 g/mol. The zero-order valence-electron chi connectivity index (χ0n) is 21.3. The summed E-state index contributed by atoms with van der Waals surface area (Å²) in [5, 5.41) is 13.3. The van der Waals surface area contributed by atoms with Gasteiger partial charge in [-0.3, -0.25) is 4.79 Å². The number of aryl methyl sites for hydroxylation is 1. The number of carbonyl (C=O) groups excluding carboxylic acids is 1. The Morgan fingerprint density at radius 1 is 0.872 bits per heavy atom. The van der Waals surface area contributed by atoms with Crippen molar-refractivity contribution in [3.8, 4) is 28.1 Å². The number of rotatable bonds is 7. The van der Waals surface area contributed by atoms with Gasteiger partial charge in [0.1, 0.15) is 12.4 Å². The molecule has 0 radical (unpaired) electrons. The molecule has 0 saturated carbocycles. The molecule has 0 atom stereocenters. The van der Waals surface area contributed by atoms with Gasteiger partial charge in [0.25, 0.3) is 0 Å². The summed E-state index contributed by atoms with van der Waals surface area (Å²) in [4.78, 5) is 17.6. The van der Waals surface area contributed by atoms with Crippen LogP contribution in [0.3, 0.4) is 0 Å². The van der Waals surface area contributed by atoms with Gasteiger partial charge in [-0.2, -0.15) is 10.2 Å². The number of hydrogen-bond acceptors (Lipinski definition) is 4. The number of carbonyl (C=O) groups is 1. The zero-order chi connectivity index (χ0) is 26.8. The largest absolute Gasteiger partial charge is 0.350 e. The van der Waals surface area contributed by atoms with Crippen LogP contribution in [0.2, 0.25) is 0 Å². The maximum atomic E-state index is 13.5. The highest BCUT2D eigenvalue weighted by molar-refractivity contribution is 5.95. The van der Waals surface area contributed by atoms with Crippen molar-refractivity contribution in [3.63, 3.8) is 0 Å². The van der Waals surface area contributed by atoms with Crippen molar-refractivity contribution in [2.75, 3.05) is 0 Å². The molecule has 192 valence electrons. The van der Waals surface area contributed by atoms with Gasteiger partial charge in [0, 0.05) is 35.5 Å². The summed E-state index contributed by atoms with van der Waals surface area (Å²) in [6.07, 6.45) is 3.63. The molecule has 0 aliphatic rings. The molecule has 7 nitrogen and oxygen atoms in total. The Bertz CT molecular complexity index is 1760. The molecule has 3 aromatic heterocycles. The summed E-state index contributed by atoms with van der Waals surface area (Å²) in [6, 6.07) is 28.0. The van der Waals surface area contributed by atoms with E-state index < -0.39 is 0 Å². The smallest absolute Gasteiger partial charge is 0.242 e. The standard InChI is InChI=1S/C31H25FN6O/c1-21-29-27(22-12-14-25(32)15-13-22)16-17-33-31(29)38(35-21)20-28(39)34-18-24-19-37(26-10-6-3-7-11-26)36-30(24)23-8-4-2-5-9-23/h2-17,19H,18,20H2,1H3,(H,34,39). The Morgan fingerprint density at radius 3 is 2.33 bits per heavy atom. The van der Waals surface area contributed by atoms with E-state index in [1.807, 2.05) is 84.5 Å². The first-order valence-electron chi connectivity index (χ1n) is 12.6. The lowest BCUT2D eigenvalue weighted by atomic mass is 10.0. The highest BCUT2D eigenvalue weighted by Gasteiger charge is 2.17. The molecule has 0 aliphatic heterocycles. The number of amides is 1. The molecule has 6 aromatic rings. The highest BCUT2D eigenvalue weighted by Crippen LogP contribution is 2.30. The summed E-state index contributed by atoms with van der Waals surface area (Å²) >= 11 is 0. The Kier molecular flexibility index (Phi) is 6.42. The minimum absolute atomic E-state index is 0.0116. The molecule has 0 aliphatic carbocycles. The highest BCUT2D eigenvalue weighted by atomic mass is 19.1. The van der Waals surface area contributed by atoms with Crippen LogP contribution in [0.25, 0.3) is 39.1 Å². The van der Waals surface area contributed by atoms with Crippen LogP contribution < -0.4 is 5.32 Å². The van der Waals surface area contributed by atoms with Crippen molar-refractivity contribution in [1.82, 2.24) is 29.9 Å². The second-order valence-corrected chi connectivity index (χ2v) is 9.23. The molecule has 0 unspecified atom stereocenters.